The summed E-state index contributed by atoms with van der Waals surface area (Å²) in [6, 6.07) is 13.8. The van der Waals surface area contributed by atoms with Gasteiger partial charge < -0.3 is 14.8 Å². The molecule has 2 aromatic carbocycles. The molecule has 0 fully saturated rings. The van der Waals surface area contributed by atoms with E-state index in [0.29, 0.717) is 19.0 Å². The van der Waals surface area contributed by atoms with Crippen molar-refractivity contribution < 1.29 is 14.3 Å². The van der Waals surface area contributed by atoms with Gasteiger partial charge in [-0.2, -0.15) is 0 Å². The summed E-state index contributed by atoms with van der Waals surface area (Å²) in [5.74, 6) is 1.50. The van der Waals surface area contributed by atoms with Crippen molar-refractivity contribution in [3.8, 4) is 11.5 Å². The Labute approximate surface area is 129 Å². The monoisotopic (exact) mass is 295 g/mol. The lowest BCUT2D eigenvalue weighted by Gasteiger charge is -2.19. The van der Waals surface area contributed by atoms with Crippen LogP contribution >= 0.6 is 0 Å². The summed E-state index contributed by atoms with van der Waals surface area (Å²) in [6.07, 6.45) is 1.62. The third kappa shape index (κ3) is 2.41. The Balaban J connectivity index is 1.47. The zero-order valence-corrected chi connectivity index (χ0v) is 12.2. The number of carbonyl (C=O) groups is 1. The fraction of sp³-hybridized carbons (Fsp3) is 0.278. The van der Waals surface area contributed by atoms with Crippen molar-refractivity contribution in [2.45, 2.75) is 12.8 Å². The van der Waals surface area contributed by atoms with E-state index in [4.69, 9.17) is 9.47 Å². The lowest BCUT2D eigenvalue weighted by molar-refractivity contribution is -0.119. The second-order valence-corrected chi connectivity index (χ2v) is 5.72. The Morgan fingerprint density at radius 1 is 0.955 bits per heavy atom. The van der Waals surface area contributed by atoms with Crippen molar-refractivity contribution in [2.75, 3.05) is 18.5 Å². The van der Waals surface area contributed by atoms with E-state index in [1.165, 1.54) is 11.1 Å². The smallest absolute Gasteiger partial charge is 0.228 e. The Morgan fingerprint density at radius 2 is 1.64 bits per heavy atom. The molecule has 2 aliphatic rings. The van der Waals surface area contributed by atoms with Crippen LogP contribution in [0.5, 0.6) is 11.5 Å². The summed E-state index contributed by atoms with van der Waals surface area (Å²) in [5, 5.41) is 2.99. The molecule has 0 radical (unpaired) electrons. The molecular formula is C18H17NO3. The molecule has 2 aromatic rings. The number of hydrogen-bond acceptors (Lipinski definition) is 3. The standard InChI is InChI=1S/C18H17NO3/c20-18(14-9-12-3-1-2-4-13(12)10-14)19-15-5-6-16-17(11-15)22-8-7-21-16/h1-6,11,14H,7-10H2,(H,19,20). The van der Waals surface area contributed by atoms with Crippen molar-refractivity contribution in [2.24, 2.45) is 5.92 Å². The Kier molecular flexibility index (Phi) is 3.22. The van der Waals surface area contributed by atoms with Gasteiger partial charge in [-0.1, -0.05) is 24.3 Å². The van der Waals surface area contributed by atoms with Gasteiger partial charge in [0.15, 0.2) is 11.5 Å². The molecule has 0 bridgehead atoms. The number of amides is 1. The fourth-order valence-corrected chi connectivity index (χ4v) is 3.11. The summed E-state index contributed by atoms with van der Waals surface area (Å²) < 4.78 is 11.0. The predicted molar refractivity (Wildman–Crippen MR) is 83.4 cm³/mol. The van der Waals surface area contributed by atoms with Gasteiger partial charge in [0.1, 0.15) is 13.2 Å². The topological polar surface area (TPSA) is 47.6 Å². The van der Waals surface area contributed by atoms with Gasteiger partial charge in [0.05, 0.1) is 0 Å². The quantitative estimate of drug-likeness (QED) is 0.926. The molecule has 112 valence electrons. The lowest BCUT2D eigenvalue weighted by Crippen LogP contribution is -2.23. The highest BCUT2D eigenvalue weighted by Crippen LogP contribution is 2.33. The number of benzene rings is 2. The van der Waals surface area contributed by atoms with E-state index in [0.717, 1.165) is 24.3 Å². The average Bonchev–Trinajstić information content (AvgIpc) is 2.99. The second kappa shape index (κ2) is 5.37. The number of ether oxygens (including phenoxy) is 2. The van der Waals surface area contributed by atoms with Crippen molar-refractivity contribution in [1.29, 1.82) is 0 Å². The van der Waals surface area contributed by atoms with Gasteiger partial charge in [0, 0.05) is 17.7 Å². The summed E-state index contributed by atoms with van der Waals surface area (Å²) in [6.45, 7) is 1.11. The van der Waals surface area contributed by atoms with Gasteiger partial charge in [-0.3, -0.25) is 4.79 Å². The maximum atomic E-state index is 12.5. The highest BCUT2D eigenvalue weighted by Gasteiger charge is 2.27. The summed E-state index contributed by atoms with van der Waals surface area (Å²) in [5.41, 5.74) is 3.32. The molecule has 22 heavy (non-hydrogen) atoms. The summed E-state index contributed by atoms with van der Waals surface area (Å²) in [4.78, 5) is 12.5. The van der Waals surface area contributed by atoms with Gasteiger partial charge in [0.25, 0.3) is 0 Å². The van der Waals surface area contributed by atoms with Gasteiger partial charge in [-0.25, -0.2) is 0 Å². The van der Waals surface area contributed by atoms with Crippen LogP contribution in [-0.4, -0.2) is 19.1 Å². The van der Waals surface area contributed by atoms with Crippen LogP contribution in [0.2, 0.25) is 0 Å². The van der Waals surface area contributed by atoms with E-state index in [9.17, 15) is 4.79 Å². The van der Waals surface area contributed by atoms with E-state index < -0.39 is 0 Å². The Hall–Kier alpha value is -2.49. The highest BCUT2D eigenvalue weighted by atomic mass is 16.6. The third-order valence-electron chi connectivity index (χ3n) is 4.23. The number of nitrogens with one attached hydrogen (secondary N) is 1. The van der Waals surface area contributed by atoms with E-state index >= 15 is 0 Å². The summed E-state index contributed by atoms with van der Waals surface area (Å²) >= 11 is 0. The highest BCUT2D eigenvalue weighted by molar-refractivity contribution is 5.93. The van der Waals surface area contributed by atoms with Crippen LogP contribution in [0.15, 0.2) is 42.5 Å². The molecule has 0 aromatic heterocycles. The van der Waals surface area contributed by atoms with Gasteiger partial charge in [-0.05, 0) is 36.1 Å². The first-order chi connectivity index (χ1) is 10.8. The SMILES string of the molecule is O=C(Nc1ccc2c(c1)OCCO2)C1Cc2ccccc2C1. The number of carbonyl (C=O) groups excluding carboxylic acids is 1. The van der Waals surface area contributed by atoms with Crippen LogP contribution in [0, 0.1) is 5.92 Å². The Morgan fingerprint density at radius 3 is 2.36 bits per heavy atom. The zero-order valence-electron chi connectivity index (χ0n) is 12.2. The molecule has 0 atom stereocenters. The molecule has 4 nitrogen and oxygen atoms in total. The van der Waals surface area contributed by atoms with E-state index in [1.807, 2.05) is 30.3 Å². The minimum absolute atomic E-state index is 0.00519. The van der Waals surface area contributed by atoms with Crippen LogP contribution in [0.25, 0.3) is 0 Å². The maximum Gasteiger partial charge on any atom is 0.228 e. The van der Waals surface area contributed by atoms with Crippen LogP contribution in [0.4, 0.5) is 5.69 Å². The number of fused-ring (bicyclic) bond motifs is 2. The second-order valence-electron chi connectivity index (χ2n) is 5.72. The minimum Gasteiger partial charge on any atom is -0.486 e. The first-order valence-corrected chi connectivity index (χ1v) is 7.57. The average molecular weight is 295 g/mol. The molecule has 0 unspecified atom stereocenters. The molecule has 1 heterocycles. The number of anilines is 1. The molecule has 4 rings (SSSR count). The third-order valence-corrected chi connectivity index (χ3v) is 4.23. The molecule has 1 aliphatic carbocycles. The van der Waals surface area contributed by atoms with Crippen LogP contribution in [-0.2, 0) is 17.6 Å². The molecule has 1 N–H and O–H groups in total. The van der Waals surface area contributed by atoms with Crippen molar-refractivity contribution in [3.63, 3.8) is 0 Å². The fourth-order valence-electron chi connectivity index (χ4n) is 3.11. The minimum atomic E-state index is 0.00519. The molecule has 0 spiro atoms. The van der Waals surface area contributed by atoms with E-state index in [1.54, 1.807) is 0 Å². The summed E-state index contributed by atoms with van der Waals surface area (Å²) in [7, 11) is 0. The predicted octanol–water partition coefficient (Wildman–Crippen LogP) is 2.81. The van der Waals surface area contributed by atoms with Gasteiger partial charge in [-0.15, -0.1) is 0 Å². The zero-order chi connectivity index (χ0) is 14.9. The number of rotatable bonds is 2. The normalized spacial score (nSPS) is 16.2. The van der Waals surface area contributed by atoms with E-state index in [2.05, 4.69) is 17.4 Å². The number of hydrogen-bond donors (Lipinski definition) is 1. The van der Waals surface area contributed by atoms with Crippen molar-refractivity contribution in [1.82, 2.24) is 0 Å². The largest absolute Gasteiger partial charge is 0.486 e. The Bertz CT molecular complexity index is 701. The first-order valence-electron chi connectivity index (χ1n) is 7.57. The van der Waals surface area contributed by atoms with Crippen molar-refractivity contribution >= 4 is 11.6 Å². The van der Waals surface area contributed by atoms with E-state index in [-0.39, 0.29) is 11.8 Å². The molecule has 4 heteroatoms. The van der Waals surface area contributed by atoms with Crippen LogP contribution < -0.4 is 14.8 Å². The van der Waals surface area contributed by atoms with Crippen LogP contribution in [0.1, 0.15) is 11.1 Å². The lowest BCUT2D eigenvalue weighted by atomic mass is 10.1. The molecular weight excluding hydrogens is 278 g/mol. The molecule has 0 saturated carbocycles. The van der Waals surface area contributed by atoms with Crippen LogP contribution in [0.3, 0.4) is 0 Å². The maximum absolute atomic E-state index is 12.5. The first kappa shape index (κ1) is 13.2. The van der Waals surface area contributed by atoms with Gasteiger partial charge in [0.2, 0.25) is 5.91 Å². The van der Waals surface area contributed by atoms with Gasteiger partial charge >= 0.3 is 0 Å². The molecule has 1 aliphatic heterocycles. The van der Waals surface area contributed by atoms with Crippen molar-refractivity contribution in [3.05, 3.63) is 53.6 Å². The molecule has 0 saturated heterocycles. The molecule has 1 amide bonds.